The van der Waals surface area contributed by atoms with Gasteiger partial charge in [0, 0.05) is 11.3 Å². The third-order valence-corrected chi connectivity index (χ3v) is 5.53. The molecule has 1 saturated heterocycles. The molecular weight excluding hydrogens is 398 g/mol. The fourth-order valence-corrected chi connectivity index (χ4v) is 3.91. The van der Waals surface area contributed by atoms with Crippen LogP contribution >= 0.6 is 0 Å². The predicted octanol–water partition coefficient (Wildman–Crippen LogP) is 4.20. The first-order chi connectivity index (χ1) is 15.1. The molecule has 0 radical (unpaired) electrons. The number of anilines is 1. The average molecular weight is 417 g/mol. The second-order valence-corrected chi connectivity index (χ2v) is 7.27. The highest BCUT2D eigenvalue weighted by molar-refractivity contribution is 6.51. The molecule has 156 valence electrons. The van der Waals surface area contributed by atoms with Gasteiger partial charge < -0.3 is 19.0 Å². The average Bonchev–Trinajstić information content (AvgIpc) is 3.53. The van der Waals surface area contributed by atoms with Gasteiger partial charge in [-0.1, -0.05) is 19.1 Å². The topological polar surface area (TPSA) is 89.2 Å². The van der Waals surface area contributed by atoms with Crippen molar-refractivity contribution >= 4 is 23.1 Å². The molecule has 2 aliphatic rings. The van der Waals surface area contributed by atoms with Crippen LogP contribution in [0, 0.1) is 0 Å². The Kier molecular flexibility index (Phi) is 4.51. The van der Waals surface area contributed by atoms with E-state index < -0.39 is 17.7 Å². The highest BCUT2D eigenvalue weighted by atomic mass is 16.7. The first-order valence-corrected chi connectivity index (χ1v) is 9.92. The van der Waals surface area contributed by atoms with Crippen molar-refractivity contribution < 1.29 is 28.6 Å². The van der Waals surface area contributed by atoms with Crippen molar-refractivity contribution in [3.63, 3.8) is 0 Å². The summed E-state index contributed by atoms with van der Waals surface area (Å²) in [6, 6.07) is 14.7. The van der Waals surface area contributed by atoms with Crippen LogP contribution in [-0.4, -0.2) is 23.6 Å². The van der Waals surface area contributed by atoms with Gasteiger partial charge in [-0.05, 0) is 54.4 Å². The standard InChI is InChI=1S/C24H19NO6/c1-2-14-5-8-16(9-6-14)25-21(18-4-3-11-29-18)20(23(27)24(25)28)22(26)15-7-10-17-19(12-15)31-13-30-17/h3-12,21,26H,2,13H2,1H3/b22-20-. The number of hydrogen-bond donors (Lipinski definition) is 1. The third kappa shape index (κ3) is 3.06. The lowest BCUT2D eigenvalue weighted by molar-refractivity contribution is -0.132. The third-order valence-electron chi connectivity index (χ3n) is 5.53. The van der Waals surface area contributed by atoms with Crippen molar-refractivity contribution in [2.75, 3.05) is 11.7 Å². The second-order valence-electron chi connectivity index (χ2n) is 7.27. The maximum absolute atomic E-state index is 13.1. The van der Waals surface area contributed by atoms with Gasteiger partial charge in [0.2, 0.25) is 6.79 Å². The van der Waals surface area contributed by atoms with Gasteiger partial charge in [-0.15, -0.1) is 0 Å². The Hall–Kier alpha value is -4.00. The number of carbonyl (C=O) groups excluding carboxylic acids is 2. The second kappa shape index (κ2) is 7.36. The van der Waals surface area contributed by atoms with Crippen LogP contribution in [0.1, 0.15) is 29.9 Å². The molecule has 3 heterocycles. The largest absolute Gasteiger partial charge is 0.507 e. The predicted molar refractivity (Wildman–Crippen MR) is 112 cm³/mol. The SMILES string of the molecule is CCc1ccc(N2C(=O)C(=O)/C(=C(\O)c3ccc4c(c3)OCO4)C2c2ccco2)cc1. The van der Waals surface area contributed by atoms with E-state index in [9.17, 15) is 14.7 Å². The van der Waals surface area contributed by atoms with Crippen LogP contribution in [0.2, 0.25) is 0 Å². The molecule has 0 spiro atoms. The van der Waals surface area contributed by atoms with Crippen LogP contribution in [0.15, 0.2) is 70.9 Å². The Labute approximate surface area is 178 Å². The van der Waals surface area contributed by atoms with Gasteiger partial charge in [-0.3, -0.25) is 14.5 Å². The summed E-state index contributed by atoms with van der Waals surface area (Å²) >= 11 is 0. The van der Waals surface area contributed by atoms with Gasteiger partial charge in [-0.25, -0.2) is 0 Å². The molecule has 5 rings (SSSR count). The van der Waals surface area contributed by atoms with Gasteiger partial charge in [0.15, 0.2) is 11.5 Å². The molecule has 31 heavy (non-hydrogen) atoms. The first-order valence-electron chi connectivity index (χ1n) is 9.92. The van der Waals surface area contributed by atoms with Crippen LogP contribution in [0.3, 0.4) is 0 Å². The van der Waals surface area contributed by atoms with Crippen LogP contribution in [0.25, 0.3) is 5.76 Å². The van der Waals surface area contributed by atoms with E-state index in [4.69, 9.17) is 13.9 Å². The summed E-state index contributed by atoms with van der Waals surface area (Å²) in [5.41, 5.74) is 1.96. The molecule has 2 aromatic carbocycles. The maximum atomic E-state index is 13.1. The summed E-state index contributed by atoms with van der Waals surface area (Å²) in [5.74, 6) is -0.422. The summed E-state index contributed by atoms with van der Waals surface area (Å²) in [4.78, 5) is 27.5. The molecule has 7 heteroatoms. The Morgan fingerprint density at radius 2 is 1.84 bits per heavy atom. The summed E-state index contributed by atoms with van der Waals surface area (Å²) in [6.45, 7) is 2.12. The molecule has 3 aromatic rings. The minimum atomic E-state index is -0.895. The number of Topliss-reactive ketones (excluding diaryl/α,β-unsaturated/α-hetero) is 1. The molecule has 0 bridgehead atoms. The van der Waals surface area contributed by atoms with E-state index in [1.54, 1.807) is 42.5 Å². The first kappa shape index (κ1) is 19.0. The number of carbonyl (C=O) groups is 2. The van der Waals surface area contributed by atoms with Crippen molar-refractivity contribution in [1.29, 1.82) is 0 Å². The number of rotatable bonds is 4. The molecule has 1 aromatic heterocycles. The molecule has 1 unspecified atom stereocenters. The van der Waals surface area contributed by atoms with Gasteiger partial charge in [0.05, 0.1) is 11.8 Å². The Balaban J connectivity index is 1.66. The molecular formula is C24H19NO6. The Bertz CT molecular complexity index is 1190. The zero-order valence-electron chi connectivity index (χ0n) is 16.7. The molecule has 1 atom stereocenters. The van der Waals surface area contributed by atoms with E-state index in [0.717, 1.165) is 12.0 Å². The van der Waals surface area contributed by atoms with Crippen molar-refractivity contribution in [3.05, 3.63) is 83.3 Å². The highest BCUT2D eigenvalue weighted by Gasteiger charge is 2.48. The van der Waals surface area contributed by atoms with E-state index in [0.29, 0.717) is 28.5 Å². The van der Waals surface area contributed by atoms with E-state index in [1.165, 1.54) is 11.2 Å². The number of ether oxygens (including phenoxy) is 2. The summed E-state index contributed by atoms with van der Waals surface area (Å²) < 4.78 is 16.2. The number of furan rings is 1. The number of aliphatic hydroxyl groups excluding tert-OH is 1. The van der Waals surface area contributed by atoms with Gasteiger partial charge in [0.1, 0.15) is 17.6 Å². The van der Waals surface area contributed by atoms with Gasteiger partial charge >= 0.3 is 0 Å². The van der Waals surface area contributed by atoms with E-state index >= 15 is 0 Å². The summed E-state index contributed by atoms with van der Waals surface area (Å²) in [7, 11) is 0. The van der Waals surface area contributed by atoms with Crippen molar-refractivity contribution in [3.8, 4) is 11.5 Å². The van der Waals surface area contributed by atoms with Crippen LogP contribution in [0.4, 0.5) is 5.69 Å². The lowest BCUT2D eigenvalue weighted by Crippen LogP contribution is -2.29. The van der Waals surface area contributed by atoms with Crippen molar-refractivity contribution in [2.24, 2.45) is 0 Å². The van der Waals surface area contributed by atoms with Crippen molar-refractivity contribution in [1.82, 2.24) is 0 Å². The Morgan fingerprint density at radius 1 is 1.06 bits per heavy atom. The Morgan fingerprint density at radius 3 is 2.55 bits per heavy atom. The van der Waals surface area contributed by atoms with Crippen LogP contribution < -0.4 is 14.4 Å². The van der Waals surface area contributed by atoms with Gasteiger partial charge in [-0.2, -0.15) is 0 Å². The molecule has 0 saturated carbocycles. The monoisotopic (exact) mass is 417 g/mol. The quantitative estimate of drug-likeness (QED) is 0.389. The molecule has 1 N–H and O–H groups in total. The lowest BCUT2D eigenvalue weighted by Gasteiger charge is -2.23. The number of amides is 1. The molecule has 1 fully saturated rings. The number of aryl methyl sites for hydroxylation is 1. The smallest absolute Gasteiger partial charge is 0.300 e. The number of hydrogen-bond acceptors (Lipinski definition) is 6. The number of aliphatic hydroxyl groups is 1. The lowest BCUT2D eigenvalue weighted by atomic mass is 9.99. The highest BCUT2D eigenvalue weighted by Crippen LogP contribution is 2.43. The van der Waals surface area contributed by atoms with Gasteiger partial charge in [0.25, 0.3) is 11.7 Å². The van der Waals surface area contributed by atoms with Crippen molar-refractivity contribution in [2.45, 2.75) is 19.4 Å². The zero-order chi connectivity index (χ0) is 21.5. The van der Waals surface area contributed by atoms with Crippen LogP contribution in [0.5, 0.6) is 11.5 Å². The van der Waals surface area contributed by atoms with E-state index in [1.807, 2.05) is 19.1 Å². The zero-order valence-corrected chi connectivity index (χ0v) is 16.7. The number of fused-ring (bicyclic) bond motifs is 1. The minimum absolute atomic E-state index is 0.0432. The molecule has 1 amide bonds. The molecule has 2 aliphatic heterocycles. The number of ketones is 1. The fourth-order valence-electron chi connectivity index (χ4n) is 3.91. The van der Waals surface area contributed by atoms with E-state index in [2.05, 4.69) is 0 Å². The molecule has 0 aliphatic carbocycles. The summed E-state index contributed by atoms with van der Waals surface area (Å²) in [5, 5.41) is 11.1. The van der Waals surface area contributed by atoms with Crippen LogP contribution in [-0.2, 0) is 16.0 Å². The summed E-state index contributed by atoms with van der Waals surface area (Å²) in [6.07, 6.45) is 2.32. The maximum Gasteiger partial charge on any atom is 0.300 e. The minimum Gasteiger partial charge on any atom is -0.507 e. The van der Waals surface area contributed by atoms with E-state index in [-0.39, 0.29) is 18.1 Å². The fraction of sp³-hybridized carbons (Fsp3) is 0.167. The number of nitrogens with zero attached hydrogens (tertiary/aromatic N) is 1. The normalized spacial score (nSPS) is 19.3. The molecule has 7 nitrogen and oxygen atoms in total. The number of benzene rings is 2.